The highest BCUT2D eigenvalue weighted by Gasteiger charge is 2.09. The lowest BCUT2D eigenvalue weighted by Crippen LogP contribution is -2.21. The van der Waals surface area contributed by atoms with Gasteiger partial charge in [-0.2, -0.15) is 0 Å². The predicted molar refractivity (Wildman–Crippen MR) is 80.2 cm³/mol. The second-order valence-corrected chi connectivity index (χ2v) is 5.61. The van der Waals surface area contributed by atoms with Gasteiger partial charge in [0, 0.05) is 30.1 Å². The van der Waals surface area contributed by atoms with Crippen LogP contribution in [-0.4, -0.2) is 15.5 Å². The van der Waals surface area contributed by atoms with Gasteiger partial charge >= 0.3 is 0 Å². The molecule has 2 aromatic rings. The molecule has 0 bridgehead atoms. The van der Waals surface area contributed by atoms with Gasteiger partial charge in [-0.1, -0.05) is 13.0 Å². The Morgan fingerprint density at radius 2 is 2.25 bits per heavy atom. The molecule has 2 rings (SSSR count). The molecule has 0 fully saturated rings. The molecular formula is C14H17N3O2S. The fourth-order valence-electron chi connectivity index (χ4n) is 1.86. The molecule has 0 saturated carbocycles. The molecule has 2 heterocycles. The number of hydrogen-bond donors (Lipinski definition) is 1. The van der Waals surface area contributed by atoms with Crippen molar-refractivity contribution in [1.82, 2.24) is 9.55 Å². The average Bonchev–Trinajstić information content (AvgIpc) is 2.77. The van der Waals surface area contributed by atoms with Crippen LogP contribution in [-0.2, 0) is 17.8 Å². The van der Waals surface area contributed by atoms with Gasteiger partial charge in [0.05, 0.1) is 5.69 Å². The number of hydrogen-bond acceptors (Lipinski definition) is 4. The van der Waals surface area contributed by atoms with E-state index < -0.39 is 0 Å². The molecule has 0 unspecified atom stereocenters. The van der Waals surface area contributed by atoms with Crippen LogP contribution in [0.1, 0.15) is 23.9 Å². The minimum absolute atomic E-state index is 0.0985. The van der Waals surface area contributed by atoms with Crippen molar-refractivity contribution >= 4 is 22.4 Å². The number of amides is 1. The van der Waals surface area contributed by atoms with E-state index in [9.17, 15) is 9.59 Å². The summed E-state index contributed by atoms with van der Waals surface area (Å²) in [5, 5.41) is 3.41. The maximum absolute atomic E-state index is 11.8. The Bertz CT molecular complexity index is 660. The third-order valence-electron chi connectivity index (χ3n) is 2.95. The number of carbonyl (C=O) groups excluding carboxylic acids is 1. The molecule has 6 heteroatoms. The van der Waals surface area contributed by atoms with Crippen LogP contribution in [0.25, 0.3) is 0 Å². The van der Waals surface area contributed by atoms with Crippen LogP contribution in [0.15, 0.2) is 29.2 Å². The van der Waals surface area contributed by atoms with Crippen molar-refractivity contribution in [2.75, 3.05) is 5.32 Å². The Labute approximate surface area is 121 Å². The monoisotopic (exact) mass is 291 g/mol. The minimum Gasteiger partial charge on any atom is -0.315 e. The standard InChI is InChI=1S/C14H17N3O2S/c1-3-11-10(2)20-14(15-11)16-12(18)7-9-17-8-5-4-6-13(17)19/h4-6,8H,3,7,9H2,1-2H3,(H,15,16,18). The first kappa shape index (κ1) is 14.5. The van der Waals surface area contributed by atoms with Gasteiger partial charge in [-0.3, -0.25) is 9.59 Å². The second kappa shape index (κ2) is 6.47. The van der Waals surface area contributed by atoms with Crippen LogP contribution >= 0.6 is 11.3 Å². The molecule has 0 aliphatic heterocycles. The fraction of sp³-hybridized carbons (Fsp3) is 0.357. The Hall–Kier alpha value is -1.95. The molecule has 0 spiro atoms. The summed E-state index contributed by atoms with van der Waals surface area (Å²) in [6.07, 6.45) is 2.79. The van der Waals surface area contributed by atoms with Crippen LogP contribution in [0.3, 0.4) is 0 Å². The van der Waals surface area contributed by atoms with Crippen molar-refractivity contribution in [3.05, 3.63) is 45.3 Å². The van der Waals surface area contributed by atoms with E-state index in [1.54, 1.807) is 18.3 Å². The Kier molecular flexibility index (Phi) is 4.68. The lowest BCUT2D eigenvalue weighted by atomic mass is 10.3. The van der Waals surface area contributed by atoms with E-state index in [1.807, 2.05) is 13.8 Å². The van der Waals surface area contributed by atoms with Gasteiger partial charge in [0.1, 0.15) is 0 Å². The number of aromatic nitrogens is 2. The molecule has 1 amide bonds. The quantitative estimate of drug-likeness (QED) is 0.918. The first-order chi connectivity index (χ1) is 9.60. The van der Waals surface area contributed by atoms with E-state index in [-0.39, 0.29) is 17.9 Å². The number of thiazole rings is 1. The van der Waals surface area contributed by atoms with Crippen molar-refractivity contribution in [2.45, 2.75) is 33.2 Å². The van der Waals surface area contributed by atoms with Gasteiger partial charge in [0.2, 0.25) is 5.91 Å². The van der Waals surface area contributed by atoms with Crippen molar-refractivity contribution in [3.8, 4) is 0 Å². The summed E-state index contributed by atoms with van der Waals surface area (Å²) in [5.41, 5.74) is 0.920. The number of aryl methyl sites for hydroxylation is 3. The molecule has 0 aliphatic carbocycles. The zero-order chi connectivity index (χ0) is 14.5. The maximum Gasteiger partial charge on any atom is 0.250 e. The van der Waals surface area contributed by atoms with Crippen LogP contribution in [0.2, 0.25) is 0 Å². The Morgan fingerprint density at radius 3 is 2.90 bits per heavy atom. The van der Waals surface area contributed by atoms with Gasteiger partial charge in [-0.15, -0.1) is 11.3 Å². The normalized spacial score (nSPS) is 10.5. The first-order valence-electron chi connectivity index (χ1n) is 6.51. The van der Waals surface area contributed by atoms with Gasteiger partial charge in [-0.05, 0) is 19.4 Å². The van der Waals surface area contributed by atoms with Gasteiger partial charge < -0.3 is 9.88 Å². The molecule has 0 aromatic carbocycles. The van der Waals surface area contributed by atoms with Gasteiger partial charge in [0.25, 0.3) is 5.56 Å². The highest BCUT2D eigenvalue weighted by Crippen LogP contribution is 2.22. The van der Waals surface area contributed by atoms with Crippen molar-refractivity contribution < 1.29 is 4.79 Å². The molecule has 5 nitrogen and oxygen atoms in total. The number of nitrogens with one attached hydrogen (secondary N) is 1. The second-order valence-electron chi connectivity index (χ2n) is 4.41. The summed E-state index contributed by atoms with van der Waals surface area (Å²) < 4.78 is 1.52. The summed E-state index contributed by atoms with van der Waals surface area (Å²) in [6.45, 7) is 4.40. The van der Waals surface area contributed by atoms with Crippen molar-refractivity contribution in [2.24, 2.45) is 0 Å². The molecule has 0 radical (unpaired) electrons. The summed E-state index contributed by atoms with van der Waals surface area (Å²) in [6, 6.07) is 4.94. The highest BCUT2D eigenvalue weighted by atomic mass is 32.1. The number of nitrogens with zero attached hydrogens (tertiary/aromatic N) is 2. The van der Waals surface area contributed by atoms with E-state index in [4.69, 9.17) is 0 Å². The lowest BCUT2D eigenvalue weighted by molar-refractivity contribution is -0.116. The largest absolute Gasteiger partial charge is 0.315 e. The Morgan fingerprint density at radius 1 is 1.45 bits per heavy atom. The molecule has 0 saturated heterocycles. The molecular weight excluding hydrogens is 274 g/mol. The zero-order valence-electron chi connectivity index (χ0n) is 11.5. The summed E-state index contributed by atoms with van der Waals surface area (Å²) in [4.78, 5) is 28.8. The number of anilines is 1. The zero-order valence-corrected chi connectivity index (χ0v) is 12.4. The maximum atomic E-state index is 11.8. The van der Waals surface area contributed by atoms with E-state index in [2.05, 4.69) is 10.3 Å². The van der Waals surface area contributed by atoms with Crippen LogP contribution in [0.5, 0.6) is 0 Å². The minimum atomic E-state index is -0.128. The highest BCUT2D eigenvalue weighted by molar-refractivity contribution is 7.15. The molecule has 1 N–H and O–H groups in total. The van der Waals surface area contributed by atoms with E-state index in [0.717, 1.165) is 17.0 Å². The van der Waals surface area contributed by atoms with Crippen molar-refractivity contribution in [3.63, 3.8) is 0 Å². The lowest BCUT2D eigenvalue weighted by Gasteiger charge is -2.04. The number of rotatable bonds is 5. The van der Waals surface area contributed by atoms with Crippen molar-refractivity contribution in [1.29, 1.82) is 0 Å². The topological polar surface area (TPSA) is 64.0 Å². The third kappa shape index (κ3) is 3.54. The smallest absolute Gasteiger partial charge is 0.250 e. The van der Waals surface area contributed by atoms with Crippen LogP contribution < -0.4 is 10.9 Å². The number of carbonyl (C=O) groups is 1. The van der Waals surface area contributed by atoms with E-state index in [1.165, 1.54) is 22.0 Å². The third-order valence-corrected chi connectivity index (χ3v) is 3.88. The summed E-state index contributed by atoms with van der Waals surface area (Å²) in [7, 11) is 0. The molecule has 106 valence electrons. The van der Waals surface area contributed by atoms with Crippen LogP contribution in [0, 0.1) is 6.92 Å². The van der Waals surface area contributed by atoms with Gasteiger partial charge in [0.15, 0.2) is 5.13 Å². The molecule has 0 aliphatic rings. The molecule has 20 heavy (non-hydrogen) atoms. The SMILES string of the molecule is CCc1nc(NC(=O)CCn2ccccc2=O)sc1C. The first-order valence-corrected chi connectivity index (χ1v) is 7.33. The van der Waals surface area contributed by atoms with E-state index >= 15 is 0 Å². The van der Waals surface area contributed by atoms with E-state index in [0.29, 0.717) is 11.7 Å². The molecule has 2 aromatic heterocycles. The summed E-state index contributed by atoms with van der Waals surface area (Å²) in [5.74, 6) is -0.128. The number of pyridine rings is 1. The van der Waals surface area contributed by atoms with Crippen LogP contribution in [0.4, 0.5) is 5.13 Å². The predicted octanol–water partition coefficient (Wildman–Crippen LogP) is 2.20. The molecule has 0 atom stereocenters. The average molecular weight is 291 g/mol. The van der Waals surface area contributed by atoms with Gasteiger partial charge in [-0.25, -0.2) is 4.98 Å². The Balaban J connectivity index is 1.92. The summed E-state index contributed by atoms with van der Waals surface area (Å²) >= 11 is 1.48. The fourth-order valence-corrected chi connectivity index (χ4v) is 2.78.